The summed E-state index contributed by atoms with van der Waals surface area (Å²) in [6.45, 7) is 1.80. The van der Waals surface area contributed by atoms with Crippen molar-refractivity contribution < 1.29 is 19.1 Å². The van der Waals surface area contributed by atoms with Gasteiger partial charge in [0.05, 0.1) is 11.1 Å². The van der Waals surface area contributed by atoms with E-state index < -0.39 is 5.97 Å². The summed E-state index contributed by atoms with van der Waals surface area (Å²) in [5.74, 6) is 0.249. The number of carbonyl (C=O) groups excluding carboxylic acids is 2. The van der Waals surface area contributed by atoms with Crippen LogP contribution in [0.4, 0.5) is 0 Å². The first kappa shape index (κ1) is 21.9. The van der Waals surface area contributed by atoms with E-state index in [0.717, 1.165) is 16.7 Å². The maximum absolute atomic E-state index is 13.0. The molecule has 0 atom stereocenters. The van der Waals surface area contributed by atoms with Crippen LogP contribution in [-0.4, -0.2) is 11.8 Å². The summed E-state index contributed by atoms with van der Waals surface area (Å²) in [4.78, 5) is 25.6. The Morgan fingerprint density at radius 1 is 0.882 bits per heavy atom. The highest BCUT2D eigenvalue weighted by atomic mass is 79.9. The first-order valence-corrected chi connectivity index (χ1v) is 11.5. The van der Waals surface area contributed by atoms with E-state index in [1.54, 1.807) is 43.3 Å². The second kappa shape index (κ2) is 9.12. The summed E-state index contributed by atoms with van der Waals surface area (Å²) in [6, 6.07) is 28.3. The highest BCUT2D eigenvalue weighted by Gasteiger charge is 2.30. The van der Waals surface area contributed by atoms with Gasteiger partial charge in [-0.05, 0) is 69.4 Å². The molecular weight excluding hydrogens is 492 g/mol. The molecule has 0 bridgehead atoms. The molecule has 166 valence electrons. The van der Waals surface area contributed by atoms with Gasteiger partial charge >= 0.3 is 5.97 Å². The van der Waals surface area contributed by atoms with Gasteiger partial charge in [0.25, 0.3) is 0 Å². The summed E-state index contributed by atoms with van der Waals surface area (Å²) in [5, 5.41) is 0. The van der Waals surface area contributed by atoms with Gasteiger partial charge in [-0.25, -0.2) is 4.79 Å². The number of allylic oxidation sites excluding steroid dienone is 1. The lowest BCUT2D eigenvalue weighted by atomic mass is 10.0. The number of ether oxygens (including phenoxy) is 2. The summed E-state index contributed by atoms with van der Waals surface area (Å²) in [5.41, 5.74) is 4.65. The average molecular weight is 511 g/mol. The van der Waals surface area contributed by atoms with Gasteiger partial charge in [0.1, 0.15) is 11.5 Å². The van der Waals surface area contributed by atoms with E-state index >= 15 is 0 Å². The minimum atomic E-state index is -0.495. The van der Waals surface area contributed by atoms with Crippen molar-refractivity contribution in [2.75, 3.05) is 0 Å². The van der Waals surface area contributed by atoms with Crippen LogP contribution in [0.1, 0.15) is 31.8 Å². The molecule has 1 aliphatic rings. The van der Waals surface area contributed by atoms with Crippen LogP contribution >= 0.6 is 15.9 Å². The van der Waals surface area contributed by atoms with Gasteiger partial charge in [-0.1, -0.05) is 66.7 Å². The van der Waals surface area contributed by atoms with Crippen molar-refractivity contribution in [3.63, 3.8) is 0 Å². The molecule has 4 nitrogen and oxygen atoms in total. The van der Waals surface area contributed by atoms with Crippen molar-refractivity contribution in [1.82, 2.24) is 0 Å². The SMILES string of the molecule is Cc1cc(OC(=O)c2ccccc2Br)cc2c1C(=O)/C(=C/c1ccc(-c3ccccc3)cc1)O2. The predicted octanol–water partition coefficient (Wildman–Crippen LogP) is 7.26. The molecule has 0 N–H and O–H groups in total. The second-order valence-corrected chi connectivity index (χ2v) is 8.76. The Hall–Kier alpha value is -3.96. The molecule has 5 heteroatoms. The van der Waals surface area contributed by atoms with Crippen molar-refractivity contribution in [3.05, 3.63) is 123 Å². The van der Waals surface area contributed by atoms with E-state index in [1.807, 2.05) is 48.5 Å². The molecule has 1 aliphatic heterocycles. The Morgan fingerprint density at radius 2 is 1.56 bits per heavy atom. The summed E-state index contributed by atoms with van der Waals surface area (Å²) < 4.78 is 12.1. The summed E-state index contributed by atoms with van der Waals surface area (Å²) >= 11 is 3.36. The lowest BCUT2D eigenvalue weighted by molar-refractivity contribution is 0.0733. The zero-order chi connectivity index (χ0) is 23.7. The fourth-order valence-corrected chi connectivity index (χ4v) is 4.33. The van der Waals surface area contributed by atoms with Crippen molar-refractivity contribution in [1.29, 1.82) is 0 Å². The standard InChI is InChI=1S/C29H19BrO4/c1-18-15-22(33-29(32)23-9-5-6-10-24(23)30)17-25-27(18)28(31)26(34-25)16-19-11-13-21(14-12-19)20-7-3-2-4-8-20/h2-17H,1H3/b26-16-. The van der Waals surface area contributed by atoms with Gasteiger partial charge in [0.15, 0.2) is 5.76 Å². The van der Waals surface area contributed by atoms with Crippen LogP contribution in [0.3, 0.4) is 0 Å². The molecule has 0 saturated heterocycles. The number of hydrogen-bond acceptors (Lipinski definition) is 4. The number of halogens is 1. The van der Waals surface area contributed by atoms with Crippen molar-refractivity contribution in [2.24, 2.45) is 0 Å². The van der Waals surface area contributed by atoms with E-state index in [9.17, 15) is 9.59 Å². The number of carbonyl (C=O) groups is 2. The lowest BCUT2D eigenvalue weighted by Gasteiger charge is -2.08. The molecule has 1 heterocycles. The number of ketones is 1. The van der Waals surface area contributed by atoms with Gasteiger partial charge in [0, 0.05) is 10.5 Å². The Morgan fingerprint density at radius 3 is 2.29 bits per heavy atom. The maximum atomic E-state index is 13.0. The first-order chi connectivity index (χ1) is 16.5. The number of benzene rings is 4. The highest BCUT2D eigenvalue weighted by Crippen LogP contribution is 2.38. The minimum absolute atomic E-state index is 0.191. The number of rotatable bonds is 4. The van der Waals surface area contributed by atoms with Crippen LogP contribution < -0.4 is 9.47 Å². The Balaban J connectivity index is 1.38. The fourth-order valence-electron chi connectivity index (χ4n) is 3.88. The van der Waals surface area contributed by atoms with Crippen LogP contribution in [0, 0.1) is 6.92 Å². The molecule has 0 amide bonds. The average Bonchev–Trinajstić information content (AvgIpc) is 3.15. The molecule has 34 heavy (non-hydrogen) atoms. The van der Waals surface area contributed by atoms with Gasteiger partial charge < -0.3 is 9.47 Å². The van der Waals surface area contributed by atoms with E-state index in [2.05, 4.69) is 28.1 Å². The summed E-state index contributed by atoms with van der Waals surface area (Å²) in [7, 11) is 0. The molecule has 0 radical (unpaired) electrons. The molecule has 4 aromatic carbocycles. The van der Waals surface area contributed by atoms with Crippen LogP contribution in [0.5, 0.6) is 11.5 Å². The molecule has 5 rings (SSSR count). The third kappa shape index (κ3) is 4.30. The minimum Gasteiger partial charge on any atom is -0.452 e. The van der Waals surface area contributed by atoms with Gasteiger partial charge in [-0.15, -0.1) is 0 Å². The zero-order valence-corrected chi connectivity index (χ0v) is 19.8. The second-order valence-electron chi connectivity index (χ2n) is 7.91. The number of hydrogen-bond donors (Lipinski definition) is 0. The molecule has 0 aromatic heterocycles. The fraction of sp³-hybridized carbons (Fsp3) is 0.0345. The van der Waals surface area contributed by atoms with E-state index in [4.69, 9.17) is 9.47 Å². The van der Waals surface area contributed by atoms with Gasteiger partial charge in [0.2, 0.25) is 5.78 Å². The Kier molecular flexibility index (Phi) is 5.86. The van der Waals surface area contributed by atoms with Crippen LogP contribution in [0.15, 0.2) is 101 Å². The Bertz CT molecular complexity index is 1440. The van der Waals surface area contributed by atoms with Crippen LogP contribution in [0.2, 0.25) is 0 Å². The third-order valence-electron chi connectivity index (χ3n) is 5.56. The topological polar surface area (TPSA) is 52.6 Å². The molecule has 0 spiro atoms. The first-order valence-electron chi connectivity index (χ1n) is 10.7. The largest absolute Gasteiger partial charge is 0.452 e. The van der Waals surface area contributed by atoms with Gasteiger partial charge in [-0.2, -0.15) is 0 Å². The van der Waals surface area contributed by atoms with Crippen molar-refractivity contribution >= 4 is 33.8 Å². The smallest absolute Gasteiger partial charge is 0.344 e. The van der Waals surface area contributed by atoms with E-state index in [1.165, 1.54) is 0 Å². The monoisotopic (exact) mass is 510 g/mol. The van der Waals surface area contributed by atoms with E-state index in [-0.39, 0.29) is 11.5 Å². The third-order valence-corrected chi connectivity index (χ3v) is 6.26. The van der Waals surface area contributed by atoms with Gasteiger partial charge in [-0.3, -0.25) is 4.79 Å². The lowest BCUT2D eigenvalue weighted by Crippen LogP contribution is -2.09. The highest BCUT2D eigenvalue weighted by molar-refractivity contribution is 9.10. The molecule has 0 aliphatic carbocycles. The normalized spacial score (nSPS) is 13.5. The summed E-state index contributed by atoms with van der Waals surface area (Å²) in [6.07, 6.45) is 1.73. The van der Waals surface area contributed by atoms with E-state index in [0.29, 0.717) is 32.7 Å². The zero-order valence-electron chi connectivity index (χ0n) is 18.2. The molecule has 0 saturated carbocycles. The molecule has 0 fully saturated rings. The number of esters is 1. The number of Topliss-reactive ketones (excluding diaryl/α,β-unsaturated/α-hetero) is 1. The van der Waals surface area contributed by atoms with Crippen molar-refractivity contribution in [3.8, 4) is 22.6 Å². The molecular formula is C29H19BrO4. The molecule has 4 aromatic rings. The maximum Gasteiger partial charge on any atom is 0.344 e. The predicted molar refractivity (Wildman–Crippen MR) is 135 cm³/mol. The number of fused-ring (bicyclic) bond motifs is 1. The quantitative estimate of drug-likeness (QED) is 0.164. The van der Waals surface area contributed by atoms with Crippen LogP contribution in [0.25, 0.3) is 17.2 Å². The van der Waals surface area contributed by atoms with Crippen LogP contribution in [-0.2, 0) is 0 Å². The number of aryl methyl sites for hydroxylation is 1. The van der Waals surface area contributed by atoms with Crippen molar-refractivity contribution in [2.45, 2.75) is 6.92 Å². The molecule has 0 unspecified atom stereocenters. The Labute approximate surface area is 205 Å².